The van der Waals surface area contributed by atoms with E-state index < -0.39 is 0 Å². The third-order valence-corrected chi connectivity index (χ3v) is 6.23. The molecule has 1 unspecified atom stereocenters. The lowest BCUT2D eigenvalue weighted by Crippen LogP contribution is -2.27. The van der Waals surface area contributed by atoms with Gasteiger partial charge in [-0.2, -0.15) is 5.26 Å². The Morgan fingerprint density at radius 3 is 2.70 bits per heavy atom. The second kappa shape index (κ2) is 11.4. The number of aromatic nitrogens is 2. The van der Waals surface area contributed by atoms with Crippen molar-refractivity contribution in [3.05, 3.63) is 89.0 Å². The summed E-state index contributed by atoms with van der Waals surface area (Å²) in [4.78, 5) is 22.5. The van der Waals surface area contributed by atoms with E-state index in [9.17, 15) is 4.79 Å². The number of nitrogens with one attached hydrogen (secondary N) is 2. The lowest BCUT2D eigenvalue weighted by atomic mass is 10.0. The number of nitrogens with zero attached hydrogens (tertiary/aromatic N) is 3. The van der Waals surface area contributed by atoms with Gasteiger partial charge in [0, 0.05) is 43.9 Å². The maximum Gasteiger partial charge on any atom is 0.226 e. The van der Waals surface area contributed by atoms with Gasteiger partial charge < -0.3 is 15.2 Å². The monoisotopic (exact) mass is 441 g/mol. The Kier molecular flexibility index (Phi) is 7.89. The van der Waals surface area contributed by atoms with Gasteiger partial charge in [-0.25, -0.2) is 4.98 Å². The van der Waals surface area contributed by atoms with Gasteiger partial charge in [-0.05, 0) is 49.1 Å². The highest BCUT2D eigenvalue weighted by Crippen LogP contribution is 2.24. The molecular formula is C27H31N5O. The van der Waals surface area contributed by atoms with Gasteiger partial charge in [0.15, 0.2) is 0 Å². The molecule has 1 atom stereocenters. The second-order valence-corrected chi connectivity index (χ2v) is 8.74. The summed E-state index contributed by atoms with van der Waals surface area (Å²) < 4.78 is 0. The number of carbonyl (C=O) groups is 1. The van der Waals surface area contributed by atoms with Gasteiger partial charge >= 0.3 is 0 Å². The van der Waals surface area contributed by atoms with Gasteiger partial charge in [-0.15, -0.1) is 0 Å². The van der Waals surface area contributed by atoms with Crippen molar-refractivity contribution in [2.45, 2.75) is 45.2 Å². The van der Waals surface area contributed by atoms with E-state index in [0.29, 0.717) is 11.5 Å². The Balaban J connectivity index is 1.10. The highest BCUT2D eigenvalue weighted by Gasteiger charge is 2.30. The van der Waals surface area contributed by atoms with Crippen molar-refractivity contribution in [2.24, 2.45) is 5.92 Å². The zero-order valence-electron chi connectivity index (χ0n) is 19.0. The molecule has 170 valence electrons. The van der Waals surface area contributed by atoms with Crippen LogP contribution in [-0.2, 0) is 24.3 Å². The first-order chi connectivity index (χ1) is 16.2. The number of H-pyrrole nitrogens is 1. The molecule has 1 fully saturated rings. The summed E-state index contributed by atoms with van der Waals surface area (Å²) in [6.07, 6.45) is 6.69. The van der Waals surface area contributed by atoms with E-state index in [4.69, 9.17) is 5.26 Å². The normalized spacial score (nSPS) is 15.7. The fraction of sp³-hybridized carbons (Fsp3) is 0.370. The molecule has 3 aromatic rings. The van der Waals surface area contributed by atoms with Crippen LogP contribution < -0.4 is 5.32 Å². The second-order valence-electron chi connectivity index (χ2n) is 8.74. The lowest BCUT2D eigenvalue weighted by molar-refractivity contribution is -0.131. The van der Waals surface area contributed by atoms with Crippen LogP contribution in [0.4, 0.5) is 0 Å². The van der Waals surface area contributed by atoms with Crippen molar-refractivity contribution in [1.82, 2.24) is 20.2 Å². The van der Waals surface area contributed by atoms with Crippen molar-refractivity contribution >= 4 is 5.91 Å². The van der Waals surface area contributed by atoms with E-state index in [1.807, 2.05) is 53.6 Å². The largest absolute Gasteiger partial charge is 0.345 e. The molecule has 2 N–H and O–H groups in total. The molecule has 2 aromatic carbocycles. The molecule has 1 aromatic heterocycles. The maximum atomic E-state index is 12.7. The third kappa shape index (κ3) is 6.53. The van der Waals surface area contributed by atoms with Crippen molar-refractivity contribution in [3.63, 3.8) is 0 Å². The summed E-state index contributed by atoms with van der Waals surface area (Å²) in [6.45, 7) is 3.29. The first-order valence-electron chi connectivity index (χ1n) is 11.8. The molecule has 1 saturated heterocycles. The summed E-state index contributed by atoms with van der Waals surface area (Å²) >= 11 is 0. The van der Waals surface area contributed by atoms with Crippen molar-refractivity contribution < 1.29 is 4.79 Å². The predicted octanol–water partition coefficient (Wildman–Crippen LogP) is 4.18. The molecule has 1 aliphatic heterocycles. The highest BCUT2D eigenvalue weighted by atomic mass is 16.2. The highest BCUT2D eigenvalue weighted by molar-refractivity contribution is 5.80. The third-order valence-electron chi connectivity index (χ3n) is 6.23. The fourth-order valence-electron chi connectivity index (χ4n) is 4.37. The molecule has 1 amide bonds. The fourth-order valence-corrected chi connectivity index (χ4v) is 4.37. The van der Waals surface area contributed by atoms with Gasteiger partial charge in [0.25, 0.3) is 0 Å². The Hall–Kier alpha value is -3.43. The van der Waals surface area contributed by atoms with Gasteiger partial charge in [0.2, 0.25) is 5.91 Å². The molecule has 33 heavy (non-hydrogen) atoms. The number of hydrogen-bond donors (Lipinski definition) is 2. The van der Waals surface area contributed by atoms with Crippen molar-refractivity contribution in [3.8, 4) is 6.07 Å². The van der Waals surface area contributed by atoms with Gasteiger partial charge in [-0.3, -0.25) is 4.79 Å². The molecule has 2 heterocycles. The zero-order valence-corrected chi connectivity index (χ0v) is 19.0. The zero-order chi connectivity index (χ0) is 22.9. The summed E-state index contributed by atoms with van der Waals surface area (Å²) in [5.41, 5.74) is 4.08. The van der Waals surface area contributed by atoms with Crippen molar-refractivity contribution in [2.75, 3.05) is 13.1 Å². The molecule has 0 spiro atoms. The molecule has 6 heteroatoms. The Morgan fingerprint density at radius 1 is 1.09 bits per heavy atom. The molecule has 0 saturated carbocycles. The number of rotatable bonds is 11. The predicted molar refractivity (Wildman–Crippen MR) is 128 cm³/mol. The van der Waals surface area contributed by atoms with Crippen molar-refractivity contribution in [1.29, 1.82) is 5.26 Å². The van der Waals surface area contributed by atoms with Crippen LogP contribution in [0.2, 0.25) is 0 Å². The van der Waals surface area contributed by atoms with Crippen LogP contribution in [0.25, 0.3) is 0 Å². The van der Waals surface area contributed by atoms with Crippen LogP contribution in [0.5, 0.6) is 0 Å². The van der Waals surface area contributed by atoms with Crippen LogP contribution in [-0.4, -0.2) is 33.9 Å². The molecule has 0 aliphatic carbocycles. The number of carbonyl (C=O) groups excluding carboxylic acids is 1. The number of amides is 1. The van der Waals surface area contributed by atoms with Crippen LogP contribution >= 0.6 is 0 Å². The Labute approximate surface area is 195 Å². The van der Waals surface area contributed by atoms with Crippen LogP contribution in [0.1, 0.15) is 53.9 Å². The van der Waals surface area contributed by atoms with E-state index >= 15 is 0 Å². The first-order valence-corrected chi connectivity index (χ1v) is 11.8. The Morgan fingerprint density at radius 2 is 1.91 bits per heavy atom. The van der Waals surface area contributed by atoms with Crippen LogP contribution in [0, 0.1) is 17.2 Å². The first kappa shape index (κ1) is 22.8. The lowest BCUT2D eigenvalue weighted by Gasteiger charge is -2.16. The maximum absolute atomic E-state index is 12.7. The number of unbranched alkanes of at least 4 members (excludes halogenated alkanes) is 1. The van der Waals surface area contributed by atoms with Gasteiger partial charge in [0.1, 0.15) is 5.82 Å². The molecule has 1 aliphatic rings. The van der Waals surface area contributed by atoms with E-state index in [2.05, 4.69) is 33.5 Å². The quantitative estimate of drug-likeness (QED) is 0.437. The molecule has 0 bridgehead atoms. The minimum absolute atomic E-state index is 0.186. The summed E-state index contributed by atoms with van der Waals surface area (Å²) in [6, 6.07) is 20.0. The van der Waals surface area contributed by atoms with E-state index in [-0.39, 0.29) is 5.92 Å². The minimum atomic E-state index is 0.186. The number of likely N-dealkylation sites (tertiary alicyclic amines) is 1. The molecule has 0 radical (unpaired) electrons. The van der Waals surface area contributed by atoms with E-state index in [1.54, 1.807) is 0 Å². The molecular weight excluding hydrogens is 410 g/mol. The minimum Gasteiger partial charge on any atom is -0.345 e. The average Bonchev–Trinajstić information content (AvgIpc) is 3.44. The molecule has 6 nitrogen and oxygen atoms in total. The summed E-state index contributed by atoms with van der Waals surface area (Å²) in [7, 11) is 0. The molecule has 4 rings (SSSR count). The smallest absolute Gasteiger partial charge is 0.226 e. The summed E-state index contributed by atoms with van der Waals surface area (Å²) in [5, 5.41) is 12.4. The number of hydrogen-bond acceptors (Lipinski definition) is 4. The average molecular weight is 442 g/mol. The van der Waals surface area contributed by atoms with Crippen LogP contribution in [0.3, 0.4) is 0 Å². The number of aromatic amines is 1. The van der Waals surface area contributed by atoms with Crippen LogP contribution in [0.15, 0.2) is 60.8 Å². The van der Waals surface area contributed by atoms with E-state index in [1.165, 1.54) is 5.56 Å². The van der Waals surface area contributed by atoms with E-state index in [0.717, 1.165) is 75.4 Å². The number of benzene rings is 2. The summed E-state index contributed by atoms with van der Waals surface area (Å²) in [5.74, 6) is 1.43. The standard InChI is InChI=1S/C27H31N5O/c28-17-22-11-9-21(10-12-22)16-26-30-19-25(31-26)18-29-14-5-4-8-24-13-15-32(27(24)33)20-23-6-2-1-3-7-23/h1-3,6-7,9-12,19,24,29H,4-5,8,13-16,18,20H2,(H,30,31). The number of imidazole rings is 1. The Bertz CT molecular complexity index is 1070. The van der Waals surface area contributed by atoms with Gasteiger partial charge in [0.05, 0.1) is 11.6 Å². The van der Waals surface area contributed by atoms with Gasteiger partial charge in [-0.1, -0.05) is 48.9 Å². The number of nitriles is 1. The SMILES string of the molecule is N#Cc1ccc(Cc2ncc(CNCCCCC3CCN(Cc4ccccc4)C3=O)[nH]2)cc1. The topological polar surface area (TPSA) is 84.8 Å².